The van der Waals surface area contributed by atoms with E-state index in [9.17, 15) is 4.79 Å². The molecular weight excluding hydrogens is 234 g/mol. The molecule has 0 amide bonds. The maximum absolute atomic E-state index is 9.40. The smallest absolute Gasteiger partial charge is 0.119 e. The fourth-order valence-electron chi connectivity index (χ4n) is 1.75. The molecule has 1 aromatic rings. The van der Waals surface area contributed by atoms with Gasteiger partial charge in [0.2, 0.25) is 0 Å². The van der Waals surface area contributed by atoms with Gasteiger partial charge in [-0.2, -0.15) is 0 Å². The first kappa shape index (κ1) is 17.4. The van der Waals surface area contributed by atoms with Gasteiger partial charge in [0.05, 0.1) is 0 Å². The van der Waals surface area contributed by atoms with E-state index >= 15 is 0 Å². The molecule has 0 spiro atoms. The average Bonchev–Trinajstić information content (AvgIpc) is 2.32. The first-order chi connectivity index (χ1) is 8.93. The quantitative estimate of drug-likeness (QED) is 0.815. The van der Waals surface area contributed by atoms with E-state index in [1.807, 2.05) is 13.8 Å². The lowest BCUT2D eigenvalue weighted by Crippen LogP contribution is -1.97. The van der Waals surface area contributed by atoms with Gasteiger partial charge < -0.3 is 10.5 Å². The normalized spacial score (nSPS) is 10.9. The van der Waals surface area contributed by atoms with Crippen LogP contribution in [-0.4, -0.2) is 6.29 Å². The molecule has 19 heavy (non-hydrogen) atoms. The fraction of sp³-hybridized carbons (Fsp3) is 0.471. The number of hydrogen-bond acceptors (Lipinski definition) is 2. The number of nitrogens with two attached hydrogens (primary N) is 1. The number of carbonyl (C=O) groups excluding carboxylic acids is 1. The van der Waals surface area contributed by atoms with Crippen LogP contribution in [0.3, 0.4) is 0 Å². The Balaban J connectivity index is 0.000000555. The van der Waals surface area contributed by atoms with Crippen molar-refractivity contribution >= 4 is 12.4 Å². The molecule has 0 atom stereocenters. The van der Waals surface area contributed by atoms with Gasteiger partial charge in [-0.1, -0.05) is 39.0 Å². The Hall–Kier alpha value is -1.57. The Kier molecular flexibility index (Phi) is 8.60. The van der Waals surface area contributed by atoms with Crippen LogP contribution in [-0.2, 0) is 4.79 Å². The number of benzene rings is 1. The fourth-order valence-corrected chi connectivity index (χ4v) is 1.75. The average molecular weight is 261 g/mol. The lowest BCUT2D eigenvalue weighted by atomic mass is 9.93. The van der Waals surface area contributed by atoms with Crippen molar-refractivity contribution in [3.05, 3.63) is 40.6 Å². The molecule has 1 aromatic carbocycles. The van der Waals surface area contributed by atoms with Gasteiger partial charge in [0.25, 0.3) is 0 Å². The van der Waals surface area contributed by atoms with Crippen LogP contribution in [0, 0.1) is 6.92 Å². The zero-order chi connectivity index (χ0) is 14.8. The van der Waals surface area contributed by atoms with Crippen LogP contribution in [0.25, 0.3) is 6.08 Å². The van der Waals surface area contributed by atoms with Crippen LogP contribution in [0.5, 0.6) is 0 Å². The van der Waals surface area contributed by atoms with Crippen molar-refractivity contribution in [1.82, 2.24) is 0 Å². The van der Waals surface area contributed by atoms with E-state index in [0.717, 1.165) is 18.4 Å². The molecule has 0 heterocycles. The topological polar surface area (TPSA) is 43.1 Å². The van der Waals surface area contributed by atoms with Crippen molar-refractivity contribution < 1.29 is 4.79 Å². The number of aryl methyl sites for hydroxylation is 1. The van der Waals surface area contributed by atoms with E-state index in [2.05, 4.69) is 45.0 Å². The van der Waals surface area contributed by atoms with Crippen LogP contribution in [0.4, 0.5) is 0 Å². The zero-order valence-electron chi connectivity index (χ0n) is 12.9. The highest BCUT2D eigenvalue weighted by Crippen LogP contribution is 2.23. The molecule has 0 aliphatic rings. The van der Waals surface area contributed by atoms with Crippen LogP contribution >= 0.6 is 0 Å². The molecule has 0 saturated carbocycles. The van der Waals surface area contributed by atoms with Crippen LogP contribution in [0.15, 0.2) is 23.9 Å². The minimum absolute atomic E-state index is 0.542. The standard InChI is InChI=1S/C13H19N.C4H8O/c1-9(2)12-7-5-6-10(3)13(12)8-11(4)14;1-2-3-4-5/h5-9H,14H2,1-4H3;4H,2-3H2,1H3/b11-8+;. The maximum atomic E-state index is 9.40. The van der Waals surface area contributed by atoms with E-state index in [0.29, 0.717) is 12.3 Å². The molecule has 106 valence electrons. The molecule has 0 aromatic heterocycles. The Labute approximate surface area is 117 Å². The van der Waals surface area contributed by atoms with E-state index in [4.69, 9.17) is 5.73 Å². The summed E-state index contributed by atoms with van der Waals surface area (Å²) in [6, 6.07) is 6.40. The van der Waals surface area contributed by atoms with Gasteiger partial charge in [0.1, 0.15) is 6.29 Å². The highest BCUT2D eigenvalue weighted by molar-refractivity contribution is 5.60. The monoisotopic (exact) mass is 261 g/mol. The minimum atomic E-state index is 0.542. The summed E-state index contributed by atoms with van der Waals surface area (Å²) in [5.41, 5.74) is 10.5. The van der Waals surface area contributed by atoms with Gasteiger partial charge in [-0.15, -0.1) is 0 Å². The Morgan fingerprint density at radius 3 is 2.37 bits per heavy atom. The summed E-state index contributed by atoms with van der Waals surface area (Å²) >= 11 is 0. The summed E-state index contributed by atoms with van der Waals surface area (Å²) in [7, 11) is 0. The predicted molar refractivity (Wildman–Crippen MR) is 84.1 cm³/mol. The second kappa shape index (κ2) is 9.37. The molecule has 0 bridgehead atoms. The molecule has 0 aliphatic heterocycles. The third-order valence-electron chi connectivity index (χ3n) is 2.76. The molecule has 2 N–H and O–H groups in total. The summed E-state index contributed by atoms with van der Waals surface area (Å²) in [5.74, 6) is 0.542. The summed E-state index contributed by atoms with van der Waals surface area (Å²) < 4.78 is 0. The van der Waals surface area contributed by atoms with Crippen molar-refractivity contribution in [3.63, 3.8) is 0 Å². The van der Waals surface area contributed by atoms with E-state index in [-0.39, 0.29) is 0 Å². The molecule has 0 aliphatic carbocycles. The van der Waals surface area contributed by atoms with Gasteiger partial charge >= 0.3 is 0 Å². The first-order valence-electron chi connectivity index (χ1n) is 6.90. The Bertz CT molecular complexity index is 415. The van der Waals surface area contributed by atoms with Gasteiger partial charge in [-0.3, -0.25) is 0 Å². The Morgan fingerprint density at radius 2 is 2.00 bits per heavy atom. The first-order valence-corrected chi connectivity index (χ1v) is 6.90. The van der Waals surface area contributed by atoms with Crippen LogP contribution < -0.4 is 5.73 Å². The summed E-state index contributed by atoms with van der Waals surface area (Å²) in [6.45, 7) is 10.4. The molecule has 0 fully saturated rings. The van der Waals surface area contributed by atoms with Gasteiger partial charge in [-0.05, 0) is 49.0 Å². The SMILES string of the molecule is C/C(N)=C\c1c(C)cccc1C(C)C.CCCC=O. The maximum Gasteiger partial charge on any atom is 0.119 e. The minimum Gasteiger partial charge on any atom is -0.402 e. The predicted octanol–water partition coefficient (Wildman–Crippen LogP) is 4.42. The van der Waals surface area contributed by atoms with E-state index in [1.165, 1.54) is 16.7 Å². The van der Waals surface area contributed by atoms with Crippen molar-refractivity contribution in [3.8, 4) is 0 Å². The lowest BCUT2D eigenvalue weighted by Gasteiger charge is -2.12. The number of hydrogen-bond donors (Lipinski definition) is 1. The number of rotatable bonds is 4. The number of allylic oxidation sites excluding steroid dienone is 1. The second-order valence-corrected chi connectivity index (χ2v) is 5.08. The van der Waals surface area contributed by atoms with Crippen molar-refractivity contribution in [2.24, 2.45) is 5.73 Å². The lowest BCUT2D eigenvalue weighted by molar-refractivity contribution is -0.107. The highest BCUT2D eigenvalue weighted by Gasteiger charge is 2.06. The number of aldehydes is 1. The van der Waals surface area contributed by atoms with Crippen LogP contribution in [0.1, 0.15) is 63.1 Å². The Morgan fingerprint density at radius 1 is 1.37 bits per heavy atom. The molecule has 2 heteroatoms. The van der Waals surface area contributed by atoms with Gasteiger partial charge in [0, 0.05) is 12.1 Å². The third kappa shape index (κ3) is 6.80. The summed E-state index contributed by atoms with van der Waals surface area (Å²) in [6.07, 6.45) is 4.67. The van der Waals surface area contributed by atoms with Crippen molar-refractivity contribution in [1.29, 1.82) is 0 Å². The van der Waals surface area contributed by atoms with E-state index < -0.39 is 0 Å². The summed E-state index contributed by atoms with van der Waals surface area (Å²) in [5, 5.41) is 0. The number of carbonyl (C=O) groups is 1. The molecule has 1 rings (SSSR count). The van der Waals surface area contributed by atoms with Gasteiger partial charge in [0.15, 0.2) is 0 Å². The molecule has 0 radical (unpaired) electrons. The third-order valence-corrected chi connectivity index (χ3v) is 2.76. The highest BCUT2D eigenvalue weighted by atomic mass is 16.1. The van der Waals surface area contributed by atoms with Gasteiger partial charge in [-0.25, -0.2) is 0 Å². The second-order valence-electron chi connectivity index (χ2n) is 5.08. The zero-order valence-corrected chi connectivity index (χ0v) is 12.9. The number of unbranched alkanes of at least 4 members (excludes halogenated alkanes) is 1. The molecular formula is C17H27NO. The molecule has 0 saturated heterocycles. The largest absolute Gasteiger partial charge is 0.402 e. The van der Waals surface area contributed by atoms with Crippen molar-refractivity contribution in [2.45, 2.75) is 53.4 Å². The summed E-state index contributed by atoms with van der Waals surface area (Å²) in [4.78, 5) is 9.40. The van der Waals surface area contributed by atoms with Crippen molar-refractivity contribution in [2.75, 3.05) is 0 Å². The molecule has 0 unspecified atom stereocenters. The van der Waals surface area contributed by atoms with Crippen LogP contribution in [0.2, 0.25) is 0 Å². The van der Waals surface area contributed by atoms with E-state index in [1.54, 1.807) is 0 Å². The molecule has 2 nitrogen and oxygen atoms in total.